The van der Waals surface area contributed by atoms with Crippen molar-refractivity contribution < 1.29 is 14.3 Å². The van der Waals surface area contributed by atoms with Crippen LogP contribution in [-0.2, 0) is 0 Å². The molecule has 3 rings (SSSR count). The summed E-state index contributed by atoms with van der Waals surface area (Å²) in [6.45, 7) is 0. The lowest BCUT2D eigenvalue weighted by atomic mass is 10.2. The molecular formula is C16H13BrN2O3S. The van der Waals surface area contributed by atoms with Gasteiger partial charge in [0.2, 0.25) is 0 Å². The number of methoxy groups -OCH3 is 2. The zero-order valence-corrected chi connectivity index (χ0v) is 14.8. The number of fused-ring (bicyclic) bond motifs is 1. The number of aromatic nitrogens is 1. The van der Waals surface area contributed by atoms with Gasteiger partial charge in [0.05, 0.1) is 30.0 Å². The van der Waals surface area contributed by atoms with E-state index in [1.165, 1.54) is 18.4 Å². The van der Waals surface area contributed by atoms with E-state index in [2.05, 4.69) is 26.2 Å². The first-order valence-electron chi connectivity index (χ1n) is 6.70. The SMILES string of the molecule is COc1ccc(OC)c(C(=O)Nc2nc3ccc(Br)cc3s2)c1. The van der Waals surface area contributed by atoms with Crippen molar-refractivity contribution in [1.82, 2.24) is 4.98 Å². The average molecular weight is 393 g/mol. The molecule has 1 amide bonds. The molecule has 0 bridgehead atoms. The number of halogens is 1. The summed E-state index contributed by atoms with van der Waals surface area (Å²) >= 11 is 4.84. The summed E-state index contributed by atoms with van der Waals surface area (Å²) in [5.74, 6) is 0.773. The van der Waals surface area contributed by atoms with Gasteiger partial charge in [0.15, 0.2) is 5.13 Å². The molecule has 7 heteroatoms. The van der Waals surface area contributed by atoms with E-state index < -0.39 is 0 Å². The standard InChI is InChI=1S/C16H13BrN2O3S/c1-21-10-4-6-13(22-2)11(8-10)15(20)19-16-18-12-5-3-9(17)7-14(12)23-16/h3-8H,1-2H3,(H,18,19,20). The molecule has 1 N–H and O–H groups in total. The number of thiazole rings is 1. The fraction of sp³-hybridized carbons (Fsp3) is 0.125. The lowest BCUT2D eigenvalue weighted by Crippen LogP contribution is -2.13. The van der Waals surface area contributed by atoms with Crippen molar-refractivity contribution in [3.05, 3.63) is 46.4 Å². The van der Waals surface area contributed by atoms with Gasteiger partial charge in [-0.05, 0) is 36.4 Å². The summed E-state index contributed by atoms with van der Waals surface area (Å²) in [7, 11) is 3.07. The summed E-state index contributed by atoms with van der Waals surface area (Å²) in [4.78, 5) is 16.9. The third kappa shape index (κ3) is 3.30. The molecule has 0 aliphatic heterocycles. The maximum absolute atomic E-state index is 12.5. The maximum atomic E-state index is 12.5. The molecule has 1 heterocycles. The molecule has 118 valence electrons. The number of anilines is 1. The van der Waals surface area contributed by atoms with Crippen LogP contribution in [0.5, 0.6) is 11.5 Å². The zero-order valence-electron chi connectivity index (χ0n) is 12.4. The van der Waals surface area contributed by atoms with Gasteiger partial charge in [0, 0.05) is 4.47 Å². The zero-order chi connectivity index (χ0) is 16.4. The van der Waals surface area contributed by atoms with Gasteiger partial charge in [0.1, 0.15) is 11.5 Å². The van der Waals surface area contributed by atoms with Gasteiger partial charge in [-0.2, -0.15) is 0 Å². The summed E-state index contributed by atoms with van der Waals surface area (Å²) in [6, 6.07) is 10.9. The summed E-state index contributed by atoms with van der Waals surface area (Å²) in [6.07, 6.45) is 0. The Morgan fingerprint density at radius 2 is 2.00 bits per heavy atom. The van der Waals surface area contributed by atoms with E-state index in [0.29, 0.717) is 22.2 Å². The molecule has 0 saturated heterocycles. The molecule has 0 aliphatic carbocycles. The molecule has 0 spiro atoms. The van der Waals surface area contributed by atoms with E-state index >= 15 is 0 Å². The smallest absolute Gasteiger partial charge is 0.261 e. The van der Waals surface area contributed by atoms with E-state index in [-0.39, 0.29) is 5.91 Å². The number of hydrogen-bond donors (Lipinski definition) is 1. The van der Waals surface area contributed by atoms with Crippen LogP contribution in [0.1, 0.15) is 10.4 Å². The molecule has 1 aromatic heterocycles. The van der Waals surface area contributed by atoms with Crippen LogP contribution in [0.15, 0.2) is 40.9 Å². The Hall–Kier alpha value is -2.12. The summed E-state index contributed by atoms with van der Waals surface area (Å²) in [5.41, 5.74) is 1.23. The number of ether oxygens (including phenoxy) is 2. The van der Waals surface area contributed by atoms with Crippen LogP contribution in [0.2, 0.25) is 0 Å². The first kappa shape index (κ1) is 15.8. The van der Waals surface area contributed by atoms with E-state index in [0.717, 1.165) is 14.7 Å². The largest absolute Gasteiger partial charge is 0.497 e. The monoisotopic (exact) mass is 392 g/mol. The summed E-state index contributed by atoms with van der Waals surface area (Å²) < 4.78 is 12.4. The second-order valence-corrected chi connectivity index (χ2v) is 6.60. The lowest BCUT2D eigenvalue weighted by Gasteiger charge is -2.09. The van der Waals surface area contributed by atoms with Gasteiger partial charge in [-0.25, -0.2) is 4.98 Å². The van der Waals surface area contributed by atoms with Crippen molar-refractivity contribution in [3.8, 4) is 11.5 Å². The fourth-order valence-corrected chi connectivity index (χ4v) is 3.52. The minimum atomic E-state index is -0.293. The van der Waals surface area contributed by atoms with Crippen molar-refractivity contribution >= 4 is 48.5 Å². The molecule has 0 fully saturated rings. The maximum Gasteiger partial charge on any atom is 0.261 e. The highest BCUT2D eigenvalue weighted by Gasteiger charge is 2.15. The minimum absolute atomic E-state index is 0.293. The lowest BCUT2D eigenvalue weighted by molar-refractivity contribution is 0.102. The molecule has 5 nitrogen and oxygen atoms in total. The van der Waals surface area contributed by atoms with Crippen LogP contribution < -0.4 is 14.8 Å². The topological polar surface area (TPSA) is 60.5 Å². The van der Waals surface area contributed by atoms with Crippen molar-refractivity contribution in [3.63, 3.8) is 0 Å². The molecule has 0 aliphatic rings. The van der Waals surface area contributed by atoms with Gasteiger partial charge in [0.25, 0.3) is 5.91 Å². The fourth-order valence-electron chi connectivity index (χ4n) is 2.11. The molecule has 3 aromatic rings. The third-order valence-electron chi connectivity index (χ3n) is 3.22. The normalized spacial score (nSPS) is 10.6. The Bertz CT molecular complexity index is 879. The number of carbonyl (C=O) groups is 1. The Balaban J connectivity index is 1.90. The van der Waals surface area contributed by atoms with Crippen molar-refractivity contribution in [2.45, 2.75) is 0 Å². The van der Waals surface area contributed by atoms with Crippen LogP contribution in [0.4, 0.5) is 5.13 Å². The molecule has 23 heavy (non-hydrogen) atoms. The molecule has 0 atom stereocenters. The van der Waals surface area contributed by atoms with Gasteiger partial charge in [-0.15, -0.1) is 0 Å². The highest BCUT2D eigenvalue weighted by Crippen LogP contribution is 2.30. The van der Waals surface area contributed by atoms with Gasteiger partial charge < -0.3 is 9.47 Å². The number of nitrogens with zero attached hydrogens (tertiary/aromatic N) is 1. The number of hydrogen-bond acceptors (Lipinski definition) is 5. The van der Waals surface area contributed by atoms with Crippen molar-refractivity contribution in [2.75, 3.05) is 19.5 Å². The molecule has 2 aromatic carbocycles. The predicted molar refractivity (Wildman–Crippen MR) is 94.8 cm³/mol. The van der Waals surface area contributed by atoms with Crippen LogP contribution in [0.3, 0.4) is 0 Å². The van der Waals surface area contributed by atoms with Gasteiger partial charge in [-0.1, -0.05) is 27.3 Å². The predicted octanol–water partition coefficient (Wildman–Crippen LogP) is 4.33. The Kier molecular flexibility index (Phi) is 4.49. The average Bonchev–Trinajstić information content (AvgIpc) is 2.95. The van der Waals surface area contributed by atoms with Crippen molar-refractivity contribution in [2.24, 2.45) is 0 Å². The van der Waals surface area contributed by atoms with Crippen LogP contribution in [0.25, 0.3) is 10.2 Å². The Labute approximate surface area is 145 Å². The summed E-state index contributed by atoms with van der Waals surface area (Å²) in [5, 5.41) is 3.35. The van der Waals surface area contributed by atoms with Crippen molar-refractivity contribution in [1.29, 1.82) is 0 Å². The first-order valence-corrected chi connectivity index (χ1v) is 8.31. The number of benzene rings is 2. The number of nitrogens with one attached hydrogen (secondary N) is 1. The van der Waals surface area contributed by atoms with E-state index in [9.17, 15) is 4.79 Å². The molecule has 0 unspecified atom stereocenters. The Morgan fingerprint density at radius 3 is 2.74 bits per heavy atom. The highest BCUT2D eigenvalue weighted by molar-refractivity contribution is 9.10. The molecule has 0 radical (unpaired) electrons. The van der Waals surface area contributed by atoms with Crippen LogP contribution in [0, 0.1) is 0 Å². The molecule has 0 saturated carbocycles. The minimum Gasteiger partial charge on any atom is -0.497 e. The van der Waals surface area contributed by atoms with Crippen LogP contribution >= 0.6 is 27.3 Å². The van der Waals surface area contributed by atoms with E-state index in [4.69, 9.17) is 9.47 Å². The van der Waals surface area contributed by atoms with Gasteiger partial charge >= 0.3 is 0 Å². The highest BCUT2D eigenvalue weighted by atomic mass is 79.9. The van der Waals surface area contributed by atoms with E-state index in [1.54, 1.807) is 25.3 Å². The number of carbonyl (C=O) groups excluding carboxylic acids is 1. The number of rotatable bonds is 4. The quantitative estimate of drug-likeness (QED) is 0.717. The third-order valence-corrected chi connectivity index (χ3v) is 4.65. The number of amides is 1. The first-order chi connectivity index (χ1) is 11.1. The van der Waals surface area contributed by atoms with E-state index in [1.807, 2.05) is 18.2 Å². The Morgan fingerprint density at radius 1 is 1.17 bits per heavy atom. The van der Waals surface area contributed by atoms with Crippen LogP contribution in [-0.4, -0.2) is 25.1 Å². The van der Waals surface area contributed by atoms with Gasteiger partial charge in [-0.3, -0.25) is 10.1 Å². The second-order valence-electron chi connectivity index (χ2n) is 4.65. The molecular weight excluding hydrogens is 380 g/mol. The second kappa shape index (κ2) is 6.55.